The average Bonchev–Trinajstić information content (AvgIpc) is 3.23. The second-order valence-corrected chi connectivity index (χ2v) is 6.86. The van der Waals surface area contributed by atoms with Crippen LogP contribution in [0.1, 0.15) is 40.4 Å². The lowest BCUT2D eigenvalue weighted by Gasteiger charge is -2.17. The van der Waals surface area contributed by atoms with Crippen LogP contribution in [0.3, 0.4) is 0 Å². The van der Waals surface area contributed by atoms with Gasteiger partial charge in [0.2, 0.25) is 5.91 Å². The average molecular weight is 325 g/mol. The molecule has 5 heteroatoms. The van der Waals surface area contributed by atoms with E-state index < -0.39 is 0 Å². The van der Waals surface area contributed by atoms with Gasteiger partial charge in [0.25, 0.3) is 0 Å². The number of hydrogen-bond acceptors (Lipinski definition) is 3. The predicted molar refractivity (Wildman–Crippen MR) is 90.8 cm³/mol. The van der Waals surface area contributed by atoms with Crippen molar-refractivity contribution in [3.63, 3.8) is 0 Å². The summed E-state index contributed by atoms with van der Waals surface area (Å²) in [6.45, 7) is 5.06. The zero-order valence-corrected chi connectivity index (χ0v) is 14.0. The van der Waals surface area contributed by atoms with E-state index in [-0.39, 0.29) is 5.91 Å². The molecule has 1 amide bonds. The third-order valence-electron chi connectivity index (χ3n) is 5.13. The number of carbonyl (C=O) groups is 1. The number of aromatic amines is 1. The van der Waals surface area contributed by atoms with Gasteiger partial charge in [-0.05, 0) is 18.9 Å². The molecule has 0 aliphatic carbocycles. The quantitative estimate of drug-likeness (QED) is 0.942. The number of carbonyl (C=O) groups excluding carboxylic acids is 1. The molecule has 0 spiro atoms. The lowest BCUT2D eigenvalue weighted by molar-refractivity contribution is -0.129. The number of aryl methyl sites for hydroxylation is 1. The third-order valence-corrected chi connectivity index (χ3v) is 5.13. The fourth-order valence-corrected chi connectivity index (χ4v) is 3.67. The minimum absolute atomic E-state index is 0.210. The van der Waals surface area contributed by atoms with E-state index in [4.69, 9.17) is 4.74 Å². The molecule has 3 heterocycles. The van der Waals surface area contributed by atoms with Crippen molar-refractivity contribution in [3.05, 3.63) is 52.3 Å². The van der Waals surface area contributed by atoms with Crippen molar-refractivity contribution < 1.29 is 9.53 Å². The van der Waals surface area contributed by atoms with Crippen LogP contribution in [-0.4, -0.2) is 40.7 Å². The van der Waals surface area contributed by atoms with E-state index >= 15 is 0 Å². The number of benzene rings is 1. The maximum Gasteiger partial charge on any atom is 0.227 e. The van der Waals surface area contributed by atoms with Crippen molar-refractivity contribution in [2.24, 2.45) is 0 Å². The molecule has 2 aliphatic heterocycles. The Balaban J connectivity index is 1.42. The predicted octanol–water partition coefficient (Wildman–Crippen LogP) is 2.35. The maximum atomic E-state index is 12.6. The Hall–Kier alpha value is -2.14. The first-order valence-corrected chi connectivity index (χ1v) is 8.68. The SMILES string of the molecule is Cc1ccc(CC(=O)N2CCC(c3n[nH]c4c3COCC4)C2)cc1. The summed E-state index contributed by atoms with van der Waals surface area (Å²) in [7, 11) is 0. The topological polar surface area (TPSA) is 58.2 Å². The Morgan fingerprint density at radius 1 is 1.38 bits per heavy atom. The first-order chi connectivity index (χ1) is 11.7. The molecule has 0 saturated carbocycles. The van der Waals surface area contributed by atoms with Gasteiger partial charge in [0.15, 0.2) is 0 Å². The number of aromatic nitrogens is 2. The van der Waals surface area contributed by atoms with Crippen molar-refractivity contribution in [1.82, 2.24) is 15.1 Å². The number of ether oxygens (including phenoxy) is 1. The maximum absolute atomic E-state index is 12.6. The van der Waals surface area contributed by atoms with E-state index in [2.05, 4.69) is 29.3 Å². The Morgan fingerprint density at radius 2 is 2.21 bits per heavy atom. The third kappa shape index (κ3) is 2.96. The lowest BCUT2D eigenvalue weighted by Crippen LogP contribution is -2.30. The van der Waals surface area contributed by atoms with Gasteiger partial charge in [0.1, 0.15) is 0 Å². The molecular formula is C19H23N3O2. The van der Waals surface area contributed by atoms with Gasteiger partial charge in [-0.2, -0.15) is 5.10 Å². The number of likely N-dealkylation sites (tertiary alicyclic amines) is 1. The second kappa shape index (κ2) is 6.40. The first-order valence-electron chi connectivity index (χ1n) is 8.68. The molecule has 1 saturated heterocycles. The molecule has 1 atom stereocenters. The fraction of sp³-hybridized carbons (Fsp3) is 0.474. The minimum Gasteiger partial charge on any atom is -0.376 e. The molecule has 1 N–H and O–H groups in total. The molecule has 1 aromatic carbocycles. The standard InChI is InChI=1S/C19H23N3O2/c1-13-2-4-14(5-3-13)10-18(23)22-8-6-15(11-22)19-16-12-24-9-7-17(16)20-21-19/h2-5,15H,6-12H2,1H3,(H,20,21). The van der Waals surface area contributed by atoms with Gasteiger partial charge in [-0.3, -0.25) is 9.89 Å². The van der Waals surface area contributed by atoms with Crippen molar-refractivity contribution in [2.75, 3.05) is 19.7 Å². The Morgan fingerprint density at radius 3 is 3.04 bits per heavy atom. The van der Waals surface area contributed by atoms with Crippen LogP contribution in [0.25, 0.3) is 0 Å². The number of hydrogen-bond donors (Lipinski definition) is 1. The molecule has 0 bridgehead atoms. The van der Waals surface area contributed by atoms with Gasteiger partial charge in [-0.15, -0.1) is 0 Å². The number of nitrogens with zero attached hydrogens (tertiary/aromatic N) is 2. The summed E-state index contributed by atoms with van der Waals surface area (Å²) in [6, 6.07) is 8.21. The summed E-state index contributed by atoms with van der Waals surface area (Å²) in [4.78, 5) is 14.6. The van der Waals surface area contributed by atoms with E-state index in [1.54, 1.807) is 0 Å². The Bertz CT molecular complexity index is 736. The summed E-state index contributed by atoms with van der Waals surface area (Å²) in [5.74, 6) is 0.538. The highest BCUT2D eigenvalue weighted by Crippen LogP contribution is 2.31. The van der Waals surface area contributed by atoms with Crippen LogP contribution in [0.2, 0.25) is 0 Å². The first kappa shape index (κ1) is 15.4. The van der Waals surface area contributed by atoms with Crippen molar-refractivity contribution >= 4 is 5.91 Å². The highest BCUT2D eigenvalue weighted by atomic mass is 16.5. The Kier molecular flexibility index (Phi) is 4.10. The van der Waals surface area contributed by atoms with Gasteiger partial charge >= 0.3 is 0 Å². The second-order valence-electron chi connectivity index (χ2n) is 6.86. The van der Waals surface area contributed by atoms with Crippen LogP contribution >= 0.6 is 0 Å². The van der Waals surface area contributed by atoms with Crippen molar-refractivity contribution in [2.45, 2.75) is 38.7 Å². The van der Waals surface area contributed by atoms with E-state index in [1.807, 2.05) is 17.0 Å². The van der Waals surface area contributed by atoms with Crippen LogP contribution in [0.4, 0.5) is 0 Å². The lowest BCUT2D eigenvalue weighted by atomic mass is 9.98. The number of rotatable bonds is 3. The summed E-state index contributed by atoms with van der Waals surface area (Å²) in [5.41, 5.74) is 5.84. The van der Waals surface area contributed by atoms with E-state index in [1.165, 1.54) is 16.8 Å². The molecule has 126 valence electrons. The molecule has 2 aromatic rings. The van der Waals surface area contributed by atoms with Crippen LogP contribution in [-0.2, 0) is 29.0 Å². The van der Waals surface area contributed by atoms with Crippen LogP contribution in [0, 0.1) is 6.92 Å². The molecule has 1 unspecified atom stereocenters. The van der Waals surface area contributed by atoms with Crippen LogP contribution in [0.15, 0.2) is 24.3 Å². The van der Waals surface area contributed by atoms with Gasteiger partial charge in [-0.1, -0.05) is 29.8 Å². The zero-order valence-electron chi connectivity index (χ0n) is 14.0. The van der Waals surface area contributed by atoms with Gasteiger partial charge < -0.3 is 9.64 Å². The highest BCUT2D eigenvalue weighted by molar-refractivity contribution is 5.79. The minimum atomic E-state index is 0.210. The summed E-state index contributed by atoms with van der Waals surface area (Å²) in [5, 5.41) is 7.68. The number of nitrogens with one attached hydrogen (secondary N) is 1. The highest BCUT2D eigenvalue weighted by Gasteiger charge is 2.31. The van der Waals surface area contributed by atoms with Crippen molar-refractivity contribution in [1.29, 1.82) is 0 Å². The van der Waals surface area contributed by atoms with E-state index in [9.17, 15) is 4.79 Å². The van der Waals surface area contributed by atoms with Crippen LogP contribution < -0.4 is 0 Å². The summed E-state index contributed by atoms with van der Waals surface area (Å²) < 4.78 is 5.58. The molecule has 4 rings (SSSR count). The molecule has 5 nitrogen and oxygen atoms in total. The number of fused-ring (bicyclic) bond motifs is 1. The van der Waals surface area contributed by atoms with Gasteiger partial charge in [-0.25, -0.2) is 0 Å². The normalized spacial score (nSPS) is 20.2. The van der Waals surface area contributed by atoms with Gasteiger partial charge in [0, 0.05) is 36.7 Å². The molecule has 0 radical (unpaired) electrons. The largest absolute Gasteiger partial charge is 0.376 e. The number of H-pyrrole nitrogens is 1. The molecule has 1 fully saturated rings. The molecule has 24 heavy (non-hydrogen) atoms. The summed E-state index contributed by atoms with van der Waals surface area (Å²) in [6.07, 6.45) is 2.37. The smallest absolute Gasteiger partial charge is 0.227 e. The van der Waals surface area contributed by atoms with E-state index in [0.29, 0.717) is 18.9 Å². The monoisotopic (exact) mass is 325 g/mol. The van der Waals surface area contributed by atoms with E-state index in [0.717, 1.165) is 43.8 Å². The van der Waals surface area contributed by atoms with Crippen molar-refractivity contribution in [3.8, 4) is 0 Å². The van der Waals surface area contributed by atoms with Gasteiger partial charge in [0.05, 0.1) is 25.3 Å². The summed E-state index contributed by atoms with van der Waals surface area (Å²) >= 11 is 0. The molecular weight excluding hydrogens is 302 g/mol. The molecule has 1 aromatic heterocycles. The van der Waals surface area contributed by atoms with Crippen LogP contribution in [0.5, 0.6) is 0 Å². The fourth-order valence-electron chi connectivity index (χ4n) is 3.67. The molecule has 2 aliphatic rings. The zero-order chi connectivity index (χ0) is 16.5. The Labute approximate surface area is 142 Å². The number of amides is 1.